The van der Waals surface area contributed by atoms with Crippen LogP contribution >= 0.6 is 0 Å². The Bertz CT molecular complexity index is 368. The molecule has 1 aliphatic rings. The minimum atomic E-state index is -0.806. The predicted octanol–water partition coefficient (Wildman–Crippen LogP) is 0.517. The molecule has 19 heavy (non-hydrogen) atoms. The zero-order chi connectivity index (χ0) is 14.6. The zero-order valence-corrected chi connectivity index (χ0v) is 11.6. The predicted molar refractivity (Wildman–Crippen MR) is 69.4 cm³/mol. The van der Waals surface area contributed by atoms with E-state index in [1.165, 1.54) is 6.92 Å². The Morgan fingerprint density at radius 1 is 1.21 bits per heavy atom. The van der Waals surface area contributed by atoms with Crippen LogP contribution < -0.4 is 10.6 Å². The fourth-order valence-corrected chi connectivity index (χ4v) is 2.38. The Labute approximate surface area is 112 Å². The number of carboxylic acids is 1. The van der Waals surface area contributed by atoms with Crippen LogP contribution in [0.15, 0.2) is 0 Å². The molecule has 6 heteroatoms. The maximum Gasteiger partial charge on any atom is 0.306 e. The summed E-state index contributed by atoms with van der Waals surface area (Å²) in [7, 11) is 0. The van der Waals surface area contributed by atoms with Crippen molar-refractivity contribution in [1.29, 1.82) is 0 Å². The van der Waals surface area contributed by atoms with Gasteiger partial charge in [0.2, 0.25) is 11.8 Å². The van der Waals surface area contributed by atoms with Gasteiger partial charge in [-0.3, -0.25) is 14.4 Å². The minimum absolute atomic E-state index is 0.0134. The SMILES string of the molecule is CC(=O)NC(C(=O)NC1CCC(C(=O)O)C1)C(C)C. The summed E-state index contributed by atoms with van der Waals surface area (Å²) in [5.41, 5.74) is 0. The van der Waals surface area contributed by atoms with E-state index in [4.69, 9.17) is 5.11 Å². The van der Waals surface area contributed by atoms with Gasteiger partial charge in [0.25, 0.3) is 0 Å². The number of amides is 2. The molecule has 0 saturated heterocycles. The van der Waals surface area contributed by atoms with Gasteiger partial charge in [-0.1, -0.05) is 13.8 Å². The van der Waals surface area contributed by atoms with Crippen molar-refractivity contribution in [3.05, 3.63) is 0 Å². The van der Waals surface area contributed by atoms with Gasteiger partial charge in [-0.05, 0) is 25.2 Å². The smallest absolute Gasteiger partial charge is 0.306 e. The van der Waals surface area contributed by atoms with E-state index >= 15 is 0 Å². The summed E-state index contributed by atoms with van der Waals surface area (Å²) in [6.07, 6.45) is 1.73. The second kappa shape index (κ2) is 6.54. The second-order valence-electron chi connectivity index (χ2n) is 5.48. The Kier molecular flexibility index (Phi) is 5.32. The molecule has 0 aliphatic heterocycles. The van der Waals surface area contributed by atoms with E-state index in [-0.39, 0.29) is 29.7 Å². The highest BCUT2D eigenvalue weighted by Crippen LogP contribution is 2.25. The van der Waals surface area contributed by atoms with Crippen molar-refractivity contribution in [1.82, 2.24) is 10.6 Å². The maximum absolute atomic E-state index is 12.1. The van der Waals surface area contributed by atoms with Gasteiger partial charge < -0.3 is 15.7 Å². The number of carboxylic acid groups (broad SMARTS) is 1. The number of carbonyl (C=O) groups excluding carboxylic acids is 2. The topological polar surface area (TPSA) is 95.5 Å². The van der Waals surface area contributed by atoms with E-state index in [2.05, 4.69) is 10.6 Å². The van der Waals surface area contributed by atoms with E-state index in [9.17, 15) is 14.4 Å². The van der Waals surface area contributed by atoms with Crippen molar-refractivity contribution < 1.29 is 19.5 Å². The number of nitrogens with one attached hydrogen (secondary N) is 2. The van der Waals surface area contributed by atoms with Crippen LogP contribution in [0.1, 0.15) is 40.0 Å². The largest absolute Gasteiger partial charge is 0.481 e. The van der Waals surface area contributed by atoms with Crippen molar-refractivity contribution >= 4 is 17.8 Å². The first-order valence-electron chi connectivity index (χ1n) is 6.61. The van der Waals surface area contributed by atoms with Crippen LogP contribution in [-0.2, 0) is 14.4 Å². The van der Waals surface area contributed by atoms with E-state index < -0.39 is 12.0 Å². The normalized spacial score (nSPS) is 24.0. The molecule has 0 heterocycles. The molecule has 0 aromatic carbocycles. The molecular formula is C13H22N2O4. The molecule has 3 N–H and O–H groups in total. The third-order valence-corrected chi connectivity index (χ3v) is 3.44. The molecule has 1 rings (SSSR count). The molecule has 0 bridgehead atoms. The number of rotatable bonds is 5. The molecule has 3 unspecified atom stereocenters. The molecule has 0 radical (unpaired) electrons. The van der Waals surface area contributed by atoms with Gasteiger partial charge in [0.05, 0.1) is 5.92 Å². The summed E-state index contributed by atoms with van der Waals surface area (Å²) in [5, 5.41) is 14.4. The molecule has 6 nitrogen and oxygen atoms in total. The third kappa shape index (κ3) is 4.54. The third-order valence-electron chi connectivity index (χ3n) is 3.44. The molecule has 1 aliphatic carbocycles. The van der Waals surface area contributed by atoms with Crippen LogP contribution in [0.4, 0.5) is 0 Å². The van der Waals surface area contributed by atoms with Gasteiger partial charge in [0.15, 0.2) is 0 Å². The molecular weight excluding hydrogens is 248 g/mol. The average Bonchev–Trinajstić information content (AvgIpc) is 2.73. The maximum atomic E-state index is 12.1. The highest BCUT2D eigenvalue weighted by molar-refractivity contribution is 5.87. The summed E-state index contributed by atoms with van der Waals surface area (Å²) in [4.78, 5) is 34.0. The van der Waals surface area contributed by atoms with Crippen molar-refractivity contribution in [3.63, 3.8) is 0 Å². The monoisotopic (exact) mass is 270 g/mol. The summed E-state index contributed by atoms with van der Waals surface area (Å²) in [6.45, 7) is 5.09. The summed E-state index contributed by atoms with van der Waals surface area (Å²) < 4.78 is 0. The van der Waals surface area contributed by atoms with Gasteiger partial charge >= 0.3 is 5.97 Å². The van der Waals surface area contributed by atoms with Crippen molar-refractivity contribution in [3.8, 4) is 0 Å². The van der Waals surface area contributed by atoms with E-state index in [0.717, 1.165) is 0 Å². The zero-order valence-electron chi connectivity index (χ0n) is 11.6. The lowest BCUT2D eigenvalue weighted by Gasteiger charge is -2.23. The van der Waals surface area contributed by atoms with E-state index in [1.54, 1.807) is 0 Å². The van der Waals surface area contributed by atoms with Crippen LogP contribution in [-0.4, -0.2) is 35.0 Å². The quantitative estimate of drug-likeness (QED) is 0.678. The van der Waals surface area contributed by atoms with Crippen LogP contribution in [0.25, 0.3) is 0 Å². The Morgan fingerprint density at radius 2 is 1.84 bits per heavy atom. The Hall–Kier alpha value is -1.59. The van der Waals surface area contributed by atoms with Crippen molar-refractivity contribution in [2.24, 2.45) is 11.8 Å². The van der Waals surface area contributed by atoms with Crippen LogP contribution in [0.3, 0.4) is 0 Å². The average molecular weight is 270 g/mol. The molecule has 0 aromatic rings. The van der Waals surface area contributed by atoms with Crippen LogP contribution in [0, 0.1) is 11.8 Å². The van der Waals surface area contributed by atoms with E-state index in [1.807, 2.05) is 13.8 Å². The number of hydrogen-bond acceptors (Lipinski definition) is 3. The molecule has 3 atom stereocenters. The highest BCUT2D eigenvalue weighted by atomic mass is 16.4. The number of hydrogen-bond donors (Lipinski definition) is 3. The summed E-state index contributed by atoms with van der Waals surface area (Å²) in [5.74, 6) is -1.67. The lowest BCUT2D eigenvalue weighted by molar-refractivity contribution is -0.141. The molecule has 0 spiro atoms. The number of aliphatic carboxylic acids is 1. The Morgan fingerprint density at radius 3 is 2.26 bits per heavy atom. The summed E-state index contributed by atoms with van der Waals surface area (Å²) >= 11 is 0. The van der Waals surface area contributed by atoms with E-state index in [0.29, 0.717) is 19.3 Å². The van der Waals surface area contributed by atoms with Gasteiger partial charge in [-0.2, -0.15) is 0 Å². The first-order chi connectivity index (χ1) is 8.81. The van der Waals surface area contributed by atoms with Gasteiger partial charge in [-0.15, -0.1) is 0 Å². The first-order valence-corrected chi connectivity index (χ1v) is 6.61. The molecule has 0 aromatic heterocycles. The molecule has 108 valence electrons. The molecule has 1 fully saturated rings. The lowest BCUT2D eigenvalue weighted by Crippen LogP contribution is -2.51. The minimum Gasteiger partial charge on any atom is -0.481 e. The second-order valence-corrected chi connectivity index (χ2v) is 5.48. The molecule has 2 amide bonds. The highest BCUT2D eigenvalue weighted by Gasteiger charge is 2.32. The number of carbonyl (C=O) groups is 3. The lowest BCUT2D eigenvalue weighted by atomic mass is 10.0. The van der Waals surface area contributed by atoms with Crippen molar-refractivity contribution in [2.75, 3.05) is 0 Å². The van der Waals surface area contributed by atoms with Crippen molar-refractivity contribution in [2.45, 2.75) is 52.1 Å². The van der Waals surface area contributed by atoms with Gasteiger partial charge in [-0.25, -0.2) is 0 Å². The van der Waals surface area contributed by atoms with Crippen LogP contribution in [0.5, 0.6) is 0 Å². The molecule has 1 saturated carbocycles. The van der Waals surface area contributed by atoms with Crippen LogP contribution in [0.2, 0.25) is 0 Å². The van der Waals surface area contributed by atoms with Gasteiger partial charge in [0, 0.05) is 13.0 Å². The standard InChI is InChI=1S/C13H22N2O4/c1-7(2)11(14-8(3)16)12(17)15-10-5-4-9(6-10)13(18)19/h7,9-11H,4-6H2,1-3H3,(H,14,16)(H,15,17)(H,18,19). The summed E-state index contributed by atoms with van der Waals surface area (Å²) in [6, 6.07) is -0.676. The van der Waals surface area contributed by atoms with Gasteiger partial charge in [0.1, 0.15) is 6.04 Å². The fourth-order valence-electron chi connectivity index (χ4n) is 2.38. The Balaban J connectivity index is 2.53. The first kappa shape index (κ1) is 15.5. The fraction of sp³-hybridized carbons (Fsp3) is 0.769.